The lowest BCUT2D eigenvalue weighted by molar-refractivity contribution is -0.123. The Morgan fingerprint density at radius 2 is 1.78 bits per heavy atom. The van der Waals surface area contributed by atoms with Gasteiger partial charge in [0.2, 0.25) is 0 Å². The van der Waals surface area contributed by atoms with Gasteiger partial charge >= 0.3 is 0 Å². The normalized spacial score (nSPS) is 9.57. The first-order chi connectivity index (χ1) is 11.1. The van der Waals surface area contributed by atoms with Gasteiger partial charge in [-0.15, -0.1) is 0 Å². The van der Waals surface area contributed by atoms with E-state index in [1.165, 1.54) is 24.3 Å². The van der Waals surface area contributed by atoms with Crippen LogP contribution in [0.2, 0.25) is 5.02 Å². The van der Waals surface area contributed by atoms with Gasteiger partial charge in [0.25, 0.3) is 11.8 Å². The second-order valence-corrected chi connectivity index (χ2v) is 4.82. The monoisotopic (exact) mass is 329 g/mol. The number of para-hydroxylation sites is 1. The number of ether oxygens (including phenoxy) is 1. The number of hydrogen-bond donors (Lipinski definition) is 2. The van der Waals surface area contributed by atoms with Gasteiger partial charge in [0.1, 0.15) is 5.75 Å². The zero-order valence-electron chi connectivity index (χ0n) is 11.9. The van der Waals surface area contributed by atoms with Crippen molar-refractivity contribution < 1.29 is 14.3 Å². The summed E-state index contributed by atoms with van der Waals surface area (Å²) in [4.78, 5) is 23.4. The van der Waals surface area contributed by atoms with Gasteiger partial charge in [-0.05, 0) is 36.4 Å². The Labute approximate surface area is 137 Å². The minimum Gasteiger partial charge on any atom is -0.482 e. The molecule has 116 valence electrons. The highest BCUT2D eigenvalue weighted by atomic mass is 35.5. The van der Waals surface area contributed by atoms with E-state index in [4.69, 9.17) is 21.6 Å². The number of benzene rings is 2. The van der Waals surface area contributed by atoms with Crippen LogP contribution in [0.15, 0.2) is 48.5 Å². The number of nitrogens with zero attached hydrogens (tertiary/aromatic N) is 1. The Kier molecular flexibility index (Phi) is 5.56. The van der Waals surface area contributed by atoms with Crippen LogP contribution in [0.25, 0.3) is 0 Å². The highest BCUT2D eigenvalue weighted by Crippen LogP contribution is 2.22. The third-order valence-corrected chi connectivity index (χ3v) is 3.10. The Balaban J connectivity index is 1.80. The molecule has 0 aliphatic carbocycles. The van der Waals surface area contributed by atoms with Gasteiger partial charge in [0, 0.05) is 5.56 Å². The van der Waals surface area contributed by atoms with Crippen LogP contribution < -0.4 is 15.6 Å². The molecule has 2 rings (SSSR count). The van der Waals surface area contributed by atoms with Crippen molar-refractivity contribution in [2.75, 3.05) is 6.61 Å². The van der Waals surface area contributed by atoms with Crippen molar-refractivity contribution in [2.24, 2.45) is 0 Å². The minimum atomic E-state index is -0.535. The summed E-state index contributed by atoms with van der Waals surface area (Å²) in [5.74, 6) is -0.657. The average molecular weight is 330 g/mol. The van der Waals surface area contributed by atoms with Crippen molar-refractivity contribution in [1.29, 1.82) is 5.26 Å². The van der Waals surface area contributed by atoms with Crippen LogP contribution in [0.4, 0.5) is 0 Å². The maximum absolute atomic E-state index is 11.8. The van der Waals surface area contributed by atoms with E-state index >= 15 is 0 Å². The molecule has 0 aliphatic rings. The molecule has 0 radical (unpaired) electrons. The van der Waals surface area contributed by atoms with E-state index in [1.807, 2.05) is 6.07 Å². The molecule has 0 bridgehead atoms. The molecule has 23 heavy (non-hydrogen) atoms. The van der Waals surface area contributed by atoms with E-state index in [-0.39, 0.29) is 6.61 Å². The predicted octanol–water partition coefficient (Wildman–Crippen LogP) is 2.05. The van der Waals surface area contributed by atoms with E-state index in [0.717, 1.165) is 0 Å². The molecule has 2 amide bonds. The Hall–Kier alpha value is -3.04. The lowest BCUT2D eigenvalue weighted by atomic mass is 10.1. The van der Waals surface area contributed by atoms with Crippen molar-refractivity contribution >= 4 is 23.4 Å². The van der Waals surface area contributed by atoms with Crippen LogP contribution in [0, 0.1) is 11.3 Å². The summed E-state index contributed by atoms with van der Waals surface area (Å²) >= 11 is 5.89. The fourth-order valence-electron chi connectivity index (χ4n) is 1.64. The number of hydrazine groups is 1. The van der Waals surface area contributed by atoms with Gasteiger partial charge < -0.3 is 4.74 Å². The highest BCUT2D eigenvalue weighted by molar-refractivity contribution is 6.32. The van der Waals surface area contributed by atoms with E-state index in [0.29, 0.717) is 21.9 Å². The number of hydrogen-bond acceptors (Lipinski definition) is 4. The Morgan fingerprint density at radius 1 is 1.09 bits per heavy atom. The first-order valence-corrected chi connectivity index (χ1v) is 6.94. The number of nitriles is 1. The van der Waals surface area contributed by atoms with E-state index in [1.54, 1.807) is 24.3 Å². The molecule has 0 saturated heterocycles. The molecular weight excluding hydrogens is 318 g/mol. The number of nitrogens with one attached hydrogen (secondary N) is 2. The fraction of sp³-hybridized carbons (Fsp3) is 0.0625. The molecule has 0 saturated carbocycles. The van der Waals surface area contributed by atoms with Gasteiger partial charge in [-0.3, -0.25) is 20.4 Å². The highest BCUT2D eigenvalue weighted by Gasteiger charge is 2.08. The van der Waals surface area contributed by atoms with Crippen molar-refractivity contribution in [3.63, 3.8) is 0 Å². The summed E-state index contributed by atoms with van der Waals surface area (Å²) in [5.41, 5.74) is 5.24. The van der Waals surface area contributed by atoms with E-state index in [9.17, 15) is 9.59 Å². The number of amides is 2. The summed E-state index contributed by atoms with van der Waals surface area (Å²) in [6.45, 7) is -0.294. The second-order valence-electron chi connectivity index (χ2n) is 4.41. The summed E-state index contributed by atoms with van der Waals surface area (Å²) < 4.78 is 5.24. The molecule has 0 aliphatic heterocycles. The lowest BCUT2D eigenvalue weighted by Crippen LogP contribution is -2.43. The fourth-order valence-corrected chi connectivity index (χ4v) is 1.83. The minimum absolute atomic E-state index is 0.294. The second kappa shape index (κ2) is 7.82. The number of carbonyl (C=O) groups is 2. The third-order valence-electron chi connectivity index (χ3n) is 2.79. The van der Waals surface area contributed by atoms with Crippen LogP contribution in [0.5, 0.6) is 5.75 Å². The molecule has 0 heterocycles. The molecule has 0 fully saturated rings. The Morgan fingerprint density at radius 3 is 2.43 bits per heavy atom. The van der Waals surface area contributed by atoms with Crippen LogP contribution in [-0.4, -0.2) is 18.4 Å². The summed E-state index contributed by atoms with van der Waals surface area (Å²) in [7, 11) is 0. The van der Waals surface area contributed by atoms with Crippen molar-refractivity contribution in [3.8, 4) is 11.8 Å². The molecule has 7 heteroatoms. The SMILES string of the molecule is N#Cc1ccc(C(=O)NNC(=O)COc2ccccc2Cl)cc1. The van der Waals surface area contributed by atoms with Crippen molar-refractivity contribution in [1.82, 2.24) is 10.9 Å². The topological polar surface area (TPSA) is 91.2 Å². The van der Waals surface area contributed by atoms with Gasteiger partial charge in [0.05, 0.1) is 16.7 Å². The van der Waals surface area contributed by atoms with Crippen LogP contribution in [0.1, 0.15) is 15.9 Å². The van der Waals surface area contributed by atoms with Gasteiger partial charge in [-0.2, -0.15) is 5.26 Å². The Bertz CT molecular complexity index is 754. The zero-order valence-corrected chi connectivity index (χ0v) is 12.6. The molecule has 2 aromatic rings. The summed E-state index contributed by atoms with van der Waals surface area (Å²) in [5, 5.41) is 9.08. The lowest BCUT2D eigenvalue weighted by Gasteiger charge is -2.09. The molecule has 0 atom stereocenters. The van der Waals surface area contributed by atoms with E-state index in [2.05, 4.69) is 10.9 Å². The third kappa shape index (κ3) is 4.73. The largest absolute Gasteiger partial charge is 0.482 e. The van der Waals surface area contributed by atoms with Crippen LogP contribution in [-0.2, 0) is 4.79 Å². The number of rotatable bonds is 4. The average Bonchev–Trinajstić information content (AvgIpc) is 2.59. The first kappa shape index (κ1) is 16.3. The van der Waals surface area contributed by atoms with Crippen LogP contribution in [0.3, 0.4) is 0 Å². The van der Waals surface area contributed by atoms with Gasteiger partial charge in [-0.1, -0.05) is 23.7 Å². The quantitative estimate of drug-likeness (QED) is 0.840. The van der Waals surface area contributed by atoms with Gasteiger partial charge in [-0.25, -0.2) is 0 Å². The maximum atomic E-state index is 11.8. The standard InChI is InChI=1S/C16H12ClN3O3/c17-13-3-1-2-4-14(13)23-10-15(21)19-20-16(22)12-7-5-11(9-18)6-8-12/h1-8H,10H2,(H,19,21)(H,20,22). The van der Waals surface area contributed by atoms with Crippen LogP contribution >= 0.6 is 11.6 Å². The van der Waals surface area contributed by atoms with Crippen molar-refractivity contribution in [3.05, 3.63) is 64.7 Å². The molecule has 0 spiro atoms. The summed E-state index contributed by atoms with van der Waals surface area (Å²) in [6.07, 6.45) is 0. The smallest absolute Gasteiger partial charge is 0.276 e. The number of carbonyl (C=O) groups excluding carboxylic acids is 2. The van der Waals surface area contributed by atoms with Gasteiger partial charge in [0.15, 0.2) is 6.61 Å². The van der Waals surface area contributed by atoms with E-state index < -0.39 is 11.8 Å². The van der Waals surface area contributed by atoms with Crippen molar-refractivity contribution in [2.45, 2.75) is 0 Å². The molecule has 2 aromatic carbocycles. The molecule has 0 unspecified atom stereocenters. The predicted molar refractivity (Wildman–Crippen MR) is 83.7 cm³/mol. The molecule has 2 N–H and O–H groups in total. The first-order valence-electron chi connectivity index (χ1n) is 6.57. The maximum Gasteiger partial charge on any atom is 0.276 e. The number of halogens is 1. The molecular formula is C16H12ClN3O3. The summed E-state index contributed by atoms with van der Waals surface area (Å²) in [6, 6.07) is 14.7. The zero-order chi connectivity index (χ0) is 16.7. The molecule has 6 nitrogen and oxygen atoms in total. The molecule has 0 aromatic heterocycles.